The number of piperidine rings is 1. The van der Waals surface area contributed by atoms with Crippen molar-refractivity contribution in [1.82, 2.24) is 5.32 Å². The number of nitrogens with one attached hydrogen (secondary N) is 2. The second-order valence-electron chi connectivity index (χ2n) is 4.51. The SMILES string of the molecule is O=[N+]([O-])c1ccc(Cl)cc1NCC1CCCNC1. The zero-order valence-corrected chi connectivity index (χ0v) is 10.7. The van der Waals surface area contributed by atoms with Gasteiger partial charge in [-0.3, -0.25) is 10.1 Å². The zero-order valence-electron chi connectivity index (χ0n) is 9.99. The molecule has 2 rings (SSSR count). The molecule has 1 aromatic rings. The van der Waals surface area contributed by atoms with Gasteiger partial charge < -0.3 is 10.6 Å². The van der Waals surface area contributed by atoms with E-state index in [2.05, 4.69) is 10.6 Å². The van der Waals surface area contributed by atoms with Crippen LogP contribution in [0.3, 0.4) is 0 Å². The molecule has 18 heavy (non-hydrogen) atoms. The lowest BCUT2D eigenvalue weighted by Crippen LogP contribution is -2.33. The van der Waals surface area contributed by atoms with E-state index in [1.165, 1.54) is 12.1 Å². The summed E-state index contributed by atoms with van der Waals surface area (Å²) in [5, 5.41) is 17.9. The molecule has 1 atom stereocenters. The summed E-state index contributed by atoms with van der Waals surface area (Å²) in [7, 11) is 0. The van der Waals surface area contributed by atoms with E-state index in [0.29, 0.717) is 16.6 Å². The van der Waals surface area contributed by atoms with Crippen LogP contribution in [-0.4, -0.2) is 24.6 Å². The number of nitrogens with zero attached hydrogens (tertiary/aromatic N) is 1. The number of nitro benzene ring substituents is 1. The summed E-state index contributed by atoms with van der Waals surface area (Å²) < 4.78 is 0. The van der Waals surface area contributed by atoms with Crippen molar-refractivity contribution in [3.05, 3.63) is 33.3 Å². The largest absolute Gasteiger partial charge is 0.379 e. The topological polar surface area (TPSA) is 67.2 Å². The third kappa shape index (κ3) is 3.34. The van der Waals surface area contributed by atoms with Crippen molar-refractivity contribution in [2.24, 2.45) is 5.92 Å². The first-order valence-electron chi connectivity index (χ1n) is 6.05. The molecule has 0 saturated carbocycles. The Morgan fingerprint density at radius 1 is 1.56 bits per heavy atom. The maximum atomic E-state index is 10.9. The number of halogens is 1. The van der Waals surface area contributed by atoms with Gasteiger partial charge in [-0.05, 0) is 44.0 Å². The van der Waals surface area contributed by atoms with E-state index in [4.69, 9.17) is 11.6 Å². The van der Waals surface area contributed by atoms with Gasteiger partial charge in [-0.15, -0.1) is 0 Å². The Labute approximate surface area is 111 Å². The molecular formula is C12H16ClN3O2. The number of rotatable bonds is 4. The van der Waals surface area contributed by atoms with Gasteiger partial charge in [0.25, 0.3) is 5.69 Å². The van der Waals surface area contributed by atoms with Crippen LogP contribution in [0.25, 0.3) is 0 Å². The fourth-order valence-electron chi connectivity index (χ4n) is 2.16. The first kappa shape index (κ1) is 13.1. The van der Waals surface area contributed by atoms with Crippen molar-refractivity contribution in [2.75, 3.05) is 25.0 Å². The predicted molar refractivity (Wildman–Crippen MR) is 72.2 cm³/mol. The summed E-state index contributed by atoms with van der Waals surface area (Å²) in [6.07, 6.45) is 2.30. The Morgan fingerprint density at radius 2 is 2.39 bits per heavy atom. The molecular weight excluding hydrogens is 254 g/mol. The van der Waals surface area contributed by atoms with E-state index in [1.807, 2.05) is 0 Å². The highest BCUT2D eigenvalue weighted by molar-refractivity contribution is 6.31. The molecule has 0 bridgehead atoms. The normalized spacial score (nSPS) is 19.5. The van der Waals surface area contributed by atoms with E-state index in [0.717, 1.165) is 32.5 Å². The highest BCUT2D eigenvalue weighted by Gasteiger charge is 2.17. The summed E-state index contributed by atoms with van der Waals surface area (Å²) in [5.41, 5.74) is 0.571. The molecule has 5 nitrogen and oxygen atoms in total. The first-order valence-corrected chi connectivity index (χ1v) is 6.43. The molecule has 6 heteroatoms. The molecule has 1 heterocycles. The minimum Gasteiger partial charge on any atom is -0.379 e. The molecule has 1 aromatic carbocycles. The second kappa shape index (κ2) is 6.02. The van der Waals surface area contributed by atoms with Gasteiger partial charge in [0.2, 0.25) is 0 Å². The van der Waals surface area contributed by atoms with E-state index in [-0.39, 0.29) is 5.69 Å². The van der Waals surface area contributed by atoms with Gasteiger partial charge in [-0.1, -0.05) is 11.6 Å². The first-order chi connectivity index (χ1) is 8.66. The van der Waals surface area contributed by atoms with Crippen LogP contribution < -0.4 is 10.6 Å². The van der Waals surface area contributed by atoms with Gasteiger partial charge in [-0.25, -0.2) is 0 Å². The average Bonchev–Trinajstić information content (AvgIpc) is 2.37. The van der Waals surface area contributed by atoms with Gasteiger partial charge in [0.1, 0.15) is 5.69 Å². The number of hydrogen-bond acceptors (Lipinski definition) is 4. The molecule has 1 aliphatic heterocycles. The molecule has 0 radical (unpaired) electrons. The van der Waals surface area contributed by atoms with Crippen LogP contribution in [0.2, 0.25) is 5.02 Å². The Kier molecular flexibility index (Phi) is 4.38. The highest BCUT2D eigenvalue weighted by Crippen LogP contribution is 2.28. The molecule has 0 aromatic heterocycles. The Morgan fingerprint density at radius 3 is 3.06 bits per heavy atom. The molecule has 0 spiro atoms. The molecule has 1 unspecified atom stereocenters. The Balaban J connectivity index is 2.03. The summed E-state index contributed by atoms with van der Waals surface area (Å²) in [5.74, 6) is 0.511. The number of benzene rings is 1. The molecule has 1 saturated heterocycles. The van der Waals surface area contributed by atoms with E-state index in [1.54, 1.807) is 6.07 Å². The van der Waals surface area contributed by atoms with Crippen molar-refractivity contribution in [2.45, 2.75) is 12.8 Å². The van der Waals surface area contributed by atoms with E-state index < -0.39 is 4.92 Å². The lowest BCUT2D eigenvalue weighted by atomic mass is 10.00. The Hall–Kier alpha value is -1.33. The summed E-state index contributed by atoms with van der Waals surface area (Å²) in [6, 6.07) is 4.58. The average molecular weight is 270 g/mol. The molecule has 0 aliphatic carbocycles. The van der Waals surface area contributed by atoms with Gasteiger partial charge in [0.05, 0.1) is 4.92 Å². The molecule has 0 amide bonds. The maximum Gasteiger partial charge on any atom is 0.292 e. The summed E-state index contributed by atoms with van der Waals surface area (Å²) >= 11 is 5.87. The number of hydrogen-bond donors (Lipinski definition) is 2. The fourth-order valence-corrected chi connectivity index (χ4v) is 2.33. The van der Waals surface area contributed by atoms with Crippen LogP contribution in [0.15, 0.2) is 18.2 Å². The van der Waals surface area contributed by atoms with Crippen molar-refractivity contribution in [3.63, 3.8) is 0 Å². The number of anilines is 1. The molecule has 1 fully saturated rings. The molecule has 1 aliphatic rings. The van der Waals surface area contributed by atoms with E-state index in [9.17, 15) is 10.1 Å². The predicted octanol–water partition coefficient (Wildman–Crippen LogP) is 2.66. The van der Waals surface area contributed by atoms with Gasteiger partial charge in [0, 0.05) is 17.6 Å². The second-order valence-corrected chi connectivity index (χ2v) is 4.95. The number of nitro groups is 1. The van der Waals surface area contributed by atoms with Crippen molar-refractivity contribution in [1.29, 1.82) is 0 Å². The van der Waals surface area contributed by atoms with Crippen LogP contribution in [0.4, 0.5) is 11.4 Å². The van der Waals surface area contributed by atoms with Crippen molar-refractivity contribution < 1.29 is 4.92 Å². The monoisotopic (exact) mass is 269 g/mol. The molecule has 98 valence electrons. The smallest absolute Gasteiger partial charge is 0.292 e. The third-order valence-corrected chi connectivity index (χ3v) is 3.37. The minimum atomic E-state index is -0.391. The van der Waals surface area contributed by atoms with Crippen LogP contribution in [-0.2, 0) is 0 Å². The fraction of sp³-hybridized carbons (Fsp3) is 0.500. The highest BCUT2D eigenvalue weighted by atomic mass is 35.5. The Bertz CT molecular complexity index is 433. The third-order valence-electron chi connectivity index (χ3n) is 3.14. The van der Waals surface area contributed by atoms with Crippen LogP contribution in [0.1, 0.15) is 12.8 Å². The van der Waals surface area contributed by atoms with E-state index >= 15 is 0 Å². The zero-order chi connectivity index (χ0) is 13.0. The maximum absolute atomic E-state index is 10.9. The van der Waals surface area contributed by atoms with Gasteiger partial charge >= 0.3 is 0 Å². The van der Waals surface area contributed by atoms with Gasteiger partial charge in [-0.2, -0.15) is 0 Å². The lowest BCUT2D eigenvalue weighted by Gasteiger charge is -2.23. The standard InChI is InChI=1S/C12H16ClN3O2/c13-10-3-4-12(16(17)18)11(6-10)15-8-9-2-1-5-14-7-9/h3-4,6,9,14-15H,1-2,5,7-8H2. The van der Waals surface area contributed by atoms with Crippen molar-refractivity contribution in [3.8, 4) is 0 Å². The lowest BCUT2D eigenvalue weighted by molar-refractivity contribution is -0.384. The van der Waals surface area contributed by atoms with Crippen LogP contribution in [0, 0.1) is 16.0 Å². The molecule has 2 N–H and O–H groups in total. The minimum absolute atomic E-state index is 0.0724. The summed E-state index contributed by atoms with van der Waals surface area (Å²) in [4.78, 5) is 10.5. The van der Waals surface area contributed by atoms with Crippen LogP contribution in [0.5, 0.6) is 0 Å². The summed E-state index contributed by atoms with van der Waals surface area (Å²) in [6.45, 7) is 2.75. The van der Waals surface area contributed by atoms with Crippen LogP contribution >= 0.6 is 11.6 Å². The van der Waals surface area contributed by atoms with Crippen molar-refractivity contribution >= 4 is 23.0 Å². The van der Waals surface area contributed by atoms with Gasteiger partial charge in [0.15, 0.2) is 0 Å². The quantitative estimate of drug-likeness (QED) is 0.651.